The van der Waals surface area contributed by atoms with Gasteiger partial charge in [-0.15, -0.1) is 25.7 Å². The summed E-state index contributed by atoms with van der Waals surface area (Å²) in [5, 5.41) is 12.0. The zero-order valence-electron chi connectivity index (χ0n) is 36.9. The smallest absolute Gasteiger partial charge is 0.255 e. The summed E-state index contributed by atoms with van der Waals surface area (Å²) in [6.45, 7) is 0. The van der Waals surface area contributed by atoms with Gasteiger partial charge in [0, 0.05) is 67.3 Å². The van der Waals surface area contributed by atoms with Crippen LogP contribution < -0.4 is 21.3 Å². The van der Waals surface area contributed by atoms with E-state index in [4.69, 9.17) is 25.7 Å². The van der Waals surface area contributed by atoms with Crippen molar-refractivity contribution in [3.63, 3.8) is 0 Å². The van der Waals surface area contributed by atoms with Crippen molar-refractivity contribution in [1.82, 2.24) is 0 Å². The Morgan fingerprint density at radius 3 is 0.609 bits per heavy atom. The Kier molecular flexibility index (Phi) is 13.4. The largest absolute Gasteiger partial charge is 0.322 e. The zero-order valence-corrected chi connectivity index (χ0v) is 36.9. The first kappa shape index (κ1) is 45.4. The quantitative estimate of drug-likeness (QED) is 0.0722. The van der Waals surface area contributed by atoms with E-state index in [1.165, 1.54) is 0 Å². The number of terminal acetylenes is 4. The van der Waals surface area contributed by atoms with Crippen LogP contribution in [0.25, 0.3) is 0 Å². The van der Waals surface area contributed by atoms with Crippen molar-refractivity contribution in [2.24, 2.45) is 0 Å². The molecule has 8 nitrogen and oxygen atoms in total. The molecule has 8 heteroatoms. The summed E-state index contributed by atoms with van der Waals surface area (Å²) in [6, 6.07) is 57.3. The molecule has 0 unspecified atom stereocenters. The molecule has 0 aliphatic heterocycles. The normalized spacial score (nSPS) is 10.5. The van der Waals surface area contributed by atoms with Crippen LogP contribution in [0.2, 0.25) is 0 Å². The average molecular weight is 893 g/mol. The number of hydrogen-bond acceptors (Lipinski definition) is 4. The van der Waals surface area contributed by atoms with Gasteiger partial charge in [0.1, 0.15) is 0 Å². The van der Waals surface area contributed by atoms with Gasteiger partial charge in [-0.2, -0.15) is 0 Å². The molecule has 0 aliphatic carbocycles. The van der Waals surface area contributed by atoms with Gasteiger partial charge in [0.25, 0.3) is 23.6 Å². The Bertz CT molecular complexity index is 2900. The van der Waals surface area contributed by atoms with Crippen LogP contribution in [0.1, 0.15) is 85.9 Å². The van der Waals surface area contributed by atoms with Gasteiger partial charge in [-0.3, -0.25) is 19.2 Å². The second-order valence-electron chi connectivity index (χ2n) is 15.8. The van der Waals surface area contributed by atoms with Gasteiger partial charge in [-0.05, 0) is 168 Å². The zero-order chi connectivity index (χ0) is 48.3. The molecule has 0 heterocycles. The van der Waals surface area contributed by atoms with Gasteiger partial charge in [0.2, 0.25) is 0 Å². The molecule has 0 fully saturated rings. The van der Waals surface area contributed by atoms with E-state index in [1.807, 2.05) is 97.1 Å². The summed E-state index contributed by atoms with van der Waals surface area (Å²) >= 11 is 0. The fourth-order valence-electron chi connectivity index (χ4n) is 7.90. The third kappa shape index (κ3) is 10.1. The maximum Gasteiger partial charge on any atom is 0.255 e. The Morgan fingerprint density at radius 2 is 0.449 bits per heavy atom. The minimum absolute atomic E-state index is 0.309. The van der Waals surface area contributed by atoms with Crippen molar-refractivity contribution < 1.29 is 19.2 Å². The molecule has 4 amide bonds. The molecule has 8 aromatic carbocycles. The predicted octanol–water partition coefficient (Wildman–Crippen LogP) is 11.0. The third-order valence-corrected chi connectivity index (χ3v) is 11.6. The van der Waals surface area contributed by atoms with Gasteiger partial charge in [-0.1, -0.05) is 72.2 Å². The standard InChI is InChI=1S/C61H40N4O4/c1-5-41-9-17-45(18-10-41)57(66)62-53-33-25-49(26-34-53)61(50-27-35-54(36-28-50)63-58(67)46-19-11-42(6-2)12-20-46,51-29-37-55(38-30-51)64-59(68)47-21-13-43(7-3)14-22-47)52-31-39-56(40-32-52)65-60(69)48-23-15-44(8-4)16-24-48/h1-4,9-40H,(H,62,66)(H,63,67)(H,64,68)(H,65,69). The van der Waals surface area contributed by atoms with Crippen molar-refractivity contribution in [3.05, 3.63) is 261 Å². The lowest BCUT2D eigenvalue weighted by atomic mass is 9.65. The molecule has 0 radical (unpaired) electrons. The van der Waals surface area contributed by atoms with Gasteiger partial charge in [0.05, 0.1) is 5.41 Å². The van der Waals surface area contributed by atoms with Crippen LogP contribution in [0.4, 0.5) is 22.7 Å². The first-order chi connectivity index (χ1) is 33.6. The van der Waals surface area contributed by atoms with E-state index in [0.29, 0.717) is 67.3 Å². The first-order valence-electron chi connectivity index (χ1n) is 21.5. The molecule has 0 aromatic heterocycles. The SMILES string of the molecule is C#Cc1ccc(C(=O)Nc2ccc(C(c3ccc(NC(=O)c4ccc(C#C)cc4)cc3)(c3ccc(NC(=O)c4ccc(C#C)cc4)cc3)c3ccc(NC(=O)c4ccc(C#C)cc4)cc3)cc2)cc1. The van der Waals surface area contributed by atoms with Gasteiger partial charge >= 0.3 is 0 Å². The van der Waals surface area contributed by atoms with Crippen molar-refractivity contribution in [1.29, 1.82) is 0 Å². The Balaban J connectivity index is 1.21. The van der Waals surface area contributed by atoms with Gasteiger partial charge in [-0.25, -0.2) is 0 Å². The second-order valence-corrected chi connectivity index (χ2v) is 15.8. The van der Waals surface area contributed by atoms with Gasteiger partial charge < -0.3 is 21.3 Å². The van der Waals surface area contributed by atoms with E-state index < -0.39 is 5.41 Å². The number of rotatable bonds is 12. The molecule has 69 heavy (non-hydrogen) atoms. The molecular weight excluding hydrogens is 853 g/mol. The second kappa shape index (κ2) is 20.4. The van der Waals surface area contributed by atoms with Crippen LogP contribution in [0, 0.1) is 49.4 Å². The molecular formula is C61H40N4O4. The van der Waals surface area contributed by atoms with Crippen LogP contribution in [-0.4, -0.2) is 23.6 Å². The summed E-state index contributed by atoms with van der Waals surface area (Å²) in [6.07, 6.45) is 22.1. The number of hydrogen-bond donors (Lipinski definition) is 4. The fourth-order valence-corrected chi connectivity index (χ4v) is 7.90. The number of carbonyl (C=O) groups is 4. The van der Waals surface area contributed by atoms with Crippen LogP contribution in [0.5, 0.6) is 0 Å². The number of carbonyl (C=O) groups excluding carboxylic acids is 4. The Morgan fingerprint density at radius 1 is 0.275 bits per heavy atom. The van der Waals surface area contributed by atoms with Crippen molar-refractivity contribution in [3.8, 4) is 49.4 Å². The molecule has 0 saturated heterocycles. The van der Waals surface area contributed by atoms with E-state index in [0.717, 1.165) is 22.3 Å². The molecule has 0 aliphatic rings. The van der Waals surface area contributed by atoms with E-state index in [-0.39, 0.29) is 23.6 Å². The molecule has 8 rings (SSSR count). The minimum atomic E-state index is -1.08. The topological polar surface area (TPSA) is 116 Å². The molecule has 0 spiro atoms. The number of amides is 4. The third-order valence-electron chi connectivity index (χ3n) is 11.6. The summed E-state index contributed by atoms with van der Waals surface area (Å²) in [7, 11) is 0. The molecule has 328 valence electrons. The maximum atomic E-state index is 13.4. The maximum absolute atomic E-state index is 13.4. The number of nitrogens with one attached hydrogen (secondary N) is 4. The number of anilines is 4. The van der Waals surface area contributed by atoms with E-state index in [9.17, 15) is 19.2 Å². The lowest BCUT2D eigenvalue weighted by molar-refractivity contribution is 0.101. The molecule has 4 N–H and O–H groups in total. The lowest BCUT2D eigenvalue weighted by Crippen LogP contribution is -2.31. The highest BCUT2D eigenvalue weighted by Gasteiger charge is 2.39. The summed E-state index contributed by atoms with van der Waals surface area (Å²) in [5.74, 6) is 9.02. The molecule has 0 bridgehead atoms. The molecule has 0 atom stereocenters. The monoisotopic (exact) mass is 892 g/mol. The lowest BCUT2D eigenvalue weighted by Gasteiger charge is -2.37. The average Bonchev–Trinajstić information content (AvgIpc) is 3.40. The van der Waals surface area contributed by atoms with E-state index in [2.05, 4.69) is 44.9 Å². The number of benzene rings is 8. The van der Waals surface area contributed by atoms with E-state index >= 15 is 0 Å². The summed E-state index contributed by atoms with van der Waals surface area (Å²) in [5.41, 5.74) is 8.76. The van der Waals surface area contributed by atoms with Crippen LogP contribution >= 0.6 is 0 Å². The predicted molar refractivity (Wildman–Crippen MR) is 274 cm³/mol. The summed E-state index contributed by atoms with van der Waals surface area (Å²) in [4.78, 5) is 53.5. The molecule has 0 saturated carbocycles. The van der Waals surface area contributed by atoms with Crippen molar-refractivity contribution in [2.75, 3.05) is 21.3 Å². The summed E-state index contributed by atoms with van der Waals surface area (Å²) < 4.78 is 0. The first-order valence-corrected chi connectivity index (χ1v) is 21.5. The van der Waals surface area contributed by atoms with Crippen LogP contribution in [0.15, 0.2) is 194 Å². The van der Waals surface area contributed by atoms with Crippen LogP contribution in [-0.2, 0) is 5.41 Å². The highest BCUT2D eigenvalue weighted by atomic mass is 16.2. The van der Waals surface area contributed by atoms with Gasteiger partial charge in [0.15, 0.2) is 0 Å². The van der Waals surface area contributed by atoms with Crippen LogP contribution in [0.3, 0.4) is 0 Å². The minimum Gasteiger partial charge on any atom is -0.322 e. The highest BCUT2D eigenvalue weighted by molar-refractivity contribution is 6.06. The Labute approximate surface area is 400 Å². The van der Waals surface area contributed by atoms with Crippen molar-refractivity contribution >= 4 is 46.4 Å². The Hall–Kier alpha value is -10.1. The highest BCUT2D eigenvalue weighted by Crippen LogP contribution is 2.46. The van der Waals surface area contributed by atoms with Crippen molar-refractivity contribution in [2.45, 2.75) is 5.41 Å². The molecule has 8 aromatic rings. The van der Waals surface area contributed by atoms with E-state index in [1.54, 1.807) is 97.1 Å². The fraction of sp³-hybridized carbons (Fsp3) is 0.0164.